The van der Waals surface area contributed by atoms with Gasteiger partial charge in [-0.15, -0.1) is 0 Å². The lowest BCUT2D eigenvalue weighted by molar-refractivity contribution is 0.114. The van der Waals surface area contributed by atoms with Gasteiger partial charge in [0.2, 0.25) is 5.88 Å². The number of hydrogen-bond donors (Lipinski definition) is 1. The Kier molecular flexibility index (Phi) is 1.49. The summed E-state index contributed by atoms with van der Waals surface area (Å²) >= 11 is 0. The topological polar surface area (TPSA) is 24.5 Å². The number of likely N-dealkylation sites (N-methyl/N-ethyl adjacent to an activating group) is 1. The lowest BCUT2D eigenvalue weighted by Crippen LogP contribution is -2.35. The zero-order chi connectivity index (χ0) is 7.68. The molecule has 2 aliphatic heterocycles. The number of rotatable bonds is 0. The van der Waals surface area contributed by atoms with E-state index < -0.39 is 0 Å². The van der Waals surface area contributed by atoms with Crippen LogP contribution in [-0.2, 0) is 4.74 Å². The van der Waals surface area contributed by atoms with Crippen molar-refractivity contribution in [3.63, 3.8) is 0 Å². The molecular weight excluding hydrogens is 140 g/mol. The Morgan fingerprint density at radius 1 is 1.64 bits per heavy atom. The summed E-state index contributed by atoms with van der Waals surface area (Å²) in [7, 11) is 2.03. The predicted octanol–water partition coefficient (Wildman–Crippen LogP) is 0.277. The highest BCUT2D eigenvalue weighted by molar-refractivity contribution is 5.25. The summed E-state index contributed by atoms with van der Waals surface area (Å²) in [6, 6.07) is 0. The molecule has 0 saturated heterocycles. The Morgan fingerprint density at radius 3 is 3.36 bits per heavy atom. The molecule has 0 amide bonds. The van der Waals surface area contributed by atoms with Gasteiger partial charge in [-0.1, -0.05) is 6.08 Å². The highest BCUT2D eigenvalue weighted by atomic mass is 16.5. The zero-order valence-electron chi connectivity index (χ0n) is 6.63. The third kappa shape index (κ3) is 1.06. The number of nitrogens with one attached hydrogen (secondary N) is 1. The van der Waals surface area contributed by atoms with Crippen molar-refractivity contribution >= 4 is 0 Å². The maximum absolute atomic E-state index is 5.49. The maximum atomic E-state index is 5.49. The van der Waals surface area contributed by atoms with E-state index in [1.54, 1.807) is 0 Å². The second kappa shape index (κ2) is 2.49. The quantitative estimate of drug-likeness (QED) is 0.539. The summed E-state index contributed by atoms with van der Waals surface area (Å²) in [5, 5.41) is 3.28. The molecule has 0 atom stereocenters. The molecule has 0 aromatic carbocycles. The fourth-order valence-corrected chi connectivity index (χ4v) is 1.34. The van der Waals surface area contributed by atoms with Gasteiger partial charge in [-0.2, -0.15) is 0 Å². The summed E-state index contributed by atoms with van der Waals surface area (Å²) in [6.07, 6.45) is 4.20. The normalized spacial score (nSPS) is 22.5. The lowest BCUT2D eigenvalue weighted by Gasteiger charge is -2.30. The van der Waals surface area contributed by atoms with Gasteiger partial charge >= 0.3 is 0 Å². The molecule has 0 aromatic rings. The van der Waals surface area contributed by atoms with Gasteiger partial charge in [-0.05, 0) is 6.08 Å². The van der Waals surface area contributed by atoms with Crippen LogP contribution < -0.4 is 5.32 Å². The summed E-state index contributed by atoms with van der Waals surface area (Å²) in [5.74, 6) is 0.985. The molecule has 0 radical (unpaired) electrons. The number of hydrogen-bond acceptors (Lipinski definition) is 3. The van der Waals surface area contributed by atoms with Crippen LogP contribution in [-0.4, -0.2) is 31.6 Å². The second-order valence-corrected chi connectivity index (χ2v) is 2.78. The molecule has 0 saturated carbocycles. The van der Waals surface area contributed by atoms with Crippen LogP contribution in [0, 0.1) is 0 Å². The van der Waals surface area contributed by atoms with E-state index in [9.17, 15) is 0 Å². The molecule has 0 unspecified atom stereocenters. The van der Waals surface area contributed by atoms with Gasteiger partial charge in [0.1, 0.15) is 6.61 Å². The van der Waals surface area contributed by atoms with Gasteiger partial charge in [-0.3, -0.25) is 0 Å². The molecule has 60 valence electrons. The van der Waals surface area contributed by atoms with Crippen LogP contribution in [0.1, 0.15) is 0 Å². The van der Waals surface area contributed by atoms with Crippen molar-refractivity contribution in [2.45, 2.75) is 0 Å². The van der Waals surface area contributed by atoms with Crippen LogP contribution in [0.4, 0.5) is 0 Å². The van der Waals surface area contributed by atoms with Crippen LogP contribution in [0.25, 0.3) is 0 Å². The first-order valence-electron chi connectivity index (χ1n) is 3.86. The average molecular weight is 152 g/mol. The predicted molar refractivity (Wildman–Crippen MR) is 42.8 cm³/mol. The van der Waals surface area contributed by atoms with E-state index in [1.165, 1.54) is 0 Å². The summed E-state index contributed by atoms with van der Waals surface area (Å²) in [4.78, 5) is 2.10. The maximum Gasteiger partial charge on any atom is 0.213 e. The summed E-state index contributed by atoms with van der Waals surface area (Å²) < 4.78 is 5.49. The van der Waals surface area contributed by atoms with Crippen LogP contribution in [0.15, 0.2) is 23.7 Å². The Bertz CT molecular complexity index is 220. The van der Waals surface area contributed by atoms with Gasteiger partial charge in [-0.25, -0.2) is 0 Å². The molecule has 2 rings (SSSR count). The smallest absolute Gasteiger partial charge is 0.213 e. The highest BCUT2D eigenvalue weighted by Crippen LogP contribution is 2.16. The number of allylic oxidation sites excluding steroid dienone is 1. The molecular formula is C8H12N2O. The van der Waals surface area contributed by atoms with Crippen LogP contribution in [0.2, 0.25) is 0 Å². The monoisotopic (exact) mass is 152 g/mol. The molecule has 11 heavy (non-hydrogen) atoms. The van der Waals surface area contributed by atoms with Crippen molar-refractivity contribution < 1.29 is 4.74 Å². The first-order valence-corrected chi connectivity index (χ1v) is 3.86. The Hall–Kier alpha value is -1.12. The Balaban J connectivity index is 2.27. The summed E-state index contributed by atoms with van der Waals surface area (Å²) in [6.45, 7) is 2.63. The van der Waals surface area contributed by atoms with Gasteiger partial charge in [0, 0.05) is 20.1 Å². The van der Waals surface area contributed by atoms with E-state index in [0.717, 1.165) is 31.3 Å². The van der Waals surface area contributed by atoms with E-state index in [4.69, 9.17) is 4.74 Å². The van der Waals surface area contributed by atoms with Crippen molar-refractivity contribution in [2.75, 3.05) is 26.7 Å². The minimum absolute atomic E-state index is 0.775. The van der Waals surface area contributed by atoms with E-state index in [1.807, 2.05) is 7.05 Å². The molecule has 3 nitrogen and oxygen atoms in total. The second-order valence-electron chi connectivity index (χ2n) is 2.78. The molecule has 3 heteroatoms. The fraction of sp³-hybridized carbons (Fsp3) is 0.500. The standard InChI is InChI=1S/C8H12N2O/c1-10-5-2-3-7-8(10)11-6-4-9-7/h2-3,9H,4-6H2,1H3. The Labute approximate surface area is 66.3 Å². The first kappa shape index (κ1) is 6.58. The number of nitrogens with zero attached hydrogens (tertiary/aromatic N) is 1. The molecule has 0 bridgehead atoms. The molecule has 0 fully saturated rings. The van der Waals surface area contributed by atoms with Crippen LogP contribution >= 0.6 is 0 Å². The van der Waals surface area contributed by atoms with E-state index in [0.29, 0.717) is 0 Å². The molecule has 0 aliphatic carbocycles. The van der Waals surface area contributed by atoms with Crippen molar-refractivity contribution in [1.82, 2.24) is 10.2 Å². The number of ether oxygens (including phenoxy) is 1. The van der Waals surface area contributed by atoms with E-state index >= 15 is 0 Å². The lowest BCUT2D eigenvalue weighted by atomic mass is 10.2. The van der Waals surface area contributed by atoms with Gasteiger partial charge in [0.25, 0.3) is 0 Å². The van der Waals surface area contributed by atoms with E-state index in [-0.39, 0.29) is 0 Å². The SMILES string of the molecule is CN1CC=CC2=C1OCCN2. The van der Waals surface area contributed by atoms with Crippen LogP contribution in [0.5, 0.6) is 0 Å². The van der Waals surface area contributed by atoms with Gasteiger partial charge in [0.05, 0.1) is 5.70 Å². The van der Waals surface area contributed by atoms with Crippen molar-refractivity contribution in [3.05, 3.63) is 23.7 Å². The molecule has 2 aliphatic rings. The van der Waals surface area contributed by atoms with Gasteiger partial charge in [0.15, 0.2) is 0 Å². The third-order valence-electron chi connectivity index (χ3n) is 1.90. The molecule has 1 N–H and O–H groups in total. The van der Waals surface area contributed by atoms with Crippen LogP contribution in [0.3, 0.4) is 0 Å². The molecule has 2 heterocycles. The minimum atomic E-state index is 0.775. The first-order chi connectivity index (χ1) is 5.38. The molecule has 0 aromatic heterocycles. The highest BCUT2D eigenvalue weighted by Gasteiger charge is 2.17. The van der Waals surface area contributed by atoms with Crippen molar-refractivity contribution in [3.8, 4) is 0 Å². The average Bonchev–Trinajstić information content (AvgIpc) is 2.06. The minimum Gasteiger partial charge on any atom is -0.476 e. The zero-order valence-corrected chi connectivity index (χ0v) is 6.63. The van der Waals surface area contributed by atoms with Gasteiger partial charge < -0.3 is 15.0 Å². The fourth-order valence-electron chi connectivity index (χ4n) is 1.34. The third-order valence-corrected chi connectivity index (χ3v) is 1.90. The largest absolute Gasteiger partial charge is 0.476 e. The summed E-state index contributed by atoms with van der Waals surface area (Å²) in [5.41, 5.74) is 1.12. The van der Waals surface area contributed by atoms with Crippen molar-refractivity contribution in [1.29, 1.82) is 0 Å². The van der Waals surface area contributed by atoms with E-state index in [2.05, 4.69) is 22.4 Å². The Morgan fingerprint density at radius 2 is 2.55 bits per heavy atom. The van der Waals surface area contributed by atoms with Crippen molar-refractivity contribution in [2.24, 2.45) is 0 Å². The molecule has 0 spiro atoms.